The van der Waals surface area contributed by atoms with Crippen molar-refractivity contribution < 1.29 is 9.53 Å². The molecule has 0 aromatic carbocycles. The molecule has 0 unspecified atom stereocenters. The normalized spacial score (nSPS) is 26.5. The molecule has 2 aliphatic carbocycles. The Bertz CT molecular complexity index is 515. The first-order chi connectivity index (χ1) is 10.7. The molecule has 6 heteroatoms. The van der Waals surface area contributed by atoms with E-state index in [0.717, 1.165) is 25.0 Å². The van der Waals surface area contributed by atoms with Gasteiger partial charge in [-0.15, -0.1) is 11.3 Å². The maximum atomic E-state index is 12.2. The molecule has 2 amide bonds. The van der Waals surface area contributed by atoms with Crippen molar-refractivity contribution in [1.82, 2.24) is 15.6 Å². The summed E-state index contributed by atoms with van der Waals surface area (Å²) in [6.45, 7) is 1.99. The van der Waals surface area contributed by atoms with Gasteiger partial charge in [-0.1, -0.05) is 12.8 Å². The van der Waals surface area contributed by atoms with Crippen LogP contribution in [0.25, 0.3) is 0 Å². The average molecular weight is 323 g/mol. The molecule has 3 rings (SSSR count). The van der Waals surface area contributed by atoms with Gasteiger partial charge in [0.2, 0.25) is 0 Å². The molecule has 2 N–H and O–H groups in total. The number of nitrogens with zero attached hydrogens (tertiary/aromatic N) is 1. The number of hydrogen-bond donors (Lipinski definition) is 2. The molecular formula is C16H25N3O2S. The van der Waals surface area contributed by atoms with E-state index < -0.39 is 0 Å². The lowest BCUT2D eigenvalue weighted by atomic mass is 9.92. The van der Waals surface area contributed by atoms with Crippen molar-refractivity contribution in [1.29, 1.82) is 0 Å². The summed E-state index contributed by atoms with van der Waals surface area (Å²) in [5, 5.41) is 9.35. The number of methoxy groups -OCH3 is 1. The van der Waals surface area contributed by atoms with Gasteiger partial charge in [-0.05, 0) is 32.6 Å². The molecule has 0 saturated heterocycles. The Morgan fingerprint density at radius 3 is 2.86 bits per heavy atom. The van der Waals surface area contributed by atoms with E-state index in [9.17, 15) is 4.79 Å². The topological polar surface area (TPSA) is 63.2 Å². The molecule has 1 aromatic rings. The minimum Gasteiger partial charge on any atom is -0.379 e. The molecule has 122 valence electrons. The SMILES string of the molecule is CO[C@@H]1CCCC[C@H]1NC(=O)N[C@@H](C)c1csc(C2CC2)n1. The van der Waals surface area contributed by atoms with Gasteiger partial charge in [0.1, 0.15) is 0 Å². The van der Waals surface area contributed by atoms with Gasteiger partial charge in [0.15, 0.2) is 0 Å². The number of urea groups is 1. The lowest BCUT2D eigenvalue weighted by molar-refractivity contribution is 0.0451. The van der Waals surface area contributed by atoms with E-state index in [1.807, 2.05) is 6.92 Å². The summed E-state index contributed by atoms with van der Waals surface area (Å²) in [7, 11) is 1.72. The minimum absolute atomic E-state index is 0.0617. The fourth-order valence-electron chi connectivity index (χ4n) is 3.04. The lowest BCUT2D eigenvalue weighted by Crippen LogP contribution is -2.50. The van der Waals surface area contributed by atoms with Crippen LogP contribution in [0, 0.1) is 0 Å². The van der Waals surface area contributed by atoms with E-state index in [2.05, 4.69) is 21.0 Å². The molecule has 5 nitrogen and oxygen atoms in total. The first-order valence-electron chi connectivity index (χ1n) is 8.22. The monoisotopic (exact) mass is 323 g/mol. The second-order valence-corrected chi connectivity index (χ2v) is 7.28. The summed E-state index contributed by atoms with van der Waals surface area (Å²) in [4.78, 5) is 16.9. The molecule has 0 spiro atoms. The molecule has 2 saturated carbocycles. The number of ether oxygens (including phenoxy) is 1. The van der Waals surface area contributed by atoms with E-state index >= 15 is 0 Å². The fraction of sp³-hybridized carbons (Fsp3) is 0.750. The van der Waals surface area contributed by atoms with Gasteiger partial charge in [0, 0.05) is 18.4 Å². The van der Waals surface area contributed by atoms with Crippen LogP contribution in [0.3, 0.4) is 0 Å². The second-order valence-electron chi connectivity index (χ2n) is 6.39. The Morgan fingerprint density at radius 1 is 1.36 bits per heavy atom. The van der Waals surface area contributed by atoms with E-state index in [1.54, 1.807) is 18.4 Å². The minimum atomic E-state index is -0.123. The number of carbonyl (C=O) groups excluding carboxylic acids is 1. The zero-order chi connectivity index (χ0) is 15.5. The summed E-state index contributed by atoms with van der Waals surface area (Å²) >= 11 is 1.71. The Morgan fingerprint density at radius 2 is 2.14 bits per heavy atom. The number of hydrogen-bond acceptors (Lipinski definition) is 4. The third-order valence-corrected chi connectivity index (χ3v) is 5.60. The van der Waals surface area contributed by atoms with Crippen molar-refractivity contribution >= 4 is 17.4 Å². The molecule has 2 aliphatic rings. The van der Waals surface area contributed by atoms with Crippen molar-refractivity contribution in [2.45, 2.75) is 69.6 Å². The van der Waals surface area contributed by atoms with Gasteiger partial charge in [-0.25, -0.2) is 9.78 Å². The molecule has 1 heterocycles. The van der Waals surface area contributed by atoms with E-state index in [4.69, 9.17) is 4.74 Å². The predicted octanol–water partition coefficient (Wildman–Crippen LogP) is 3.34. The van der Waals surface area contributed by atoms with Crippen LogP contribution in [0.2, 0.25) is 0 Å². The predicted molar refractivity (Wildman–Crippen MR) is 87.2 cm³/mol. The van der Waals surface area contributed by atoms with Crippen LogP contribution in [0.1, 0.15) is 68.1 Å². The van der Waals surface area contributed by atoms with Crippen molar-refractivity contribution in [3.8, 4) is 0 Å². The lowest BCUT2D eigenvalue weighted by Gasteiger charge is -2.31. The Hall–Kier alpha value is -1.14. The summed E-state index contributed by atoms with van der Waals surface area (Å²) in [6, 6.07) is -0.0702. The maximum absolute atomic E-state index is 12.2. The molecule has 0 aliphatic heterocycles. The molecule has 2 fully saturated rings. The number of thiazole rings is 1. The first-order valence-corrected chi connectivity index (χ1v) is 9.10. The highest BCUT2D eigenvalue weighted by Crippen LogP contribution is 2.41. The number of nitrogens with one attached hydrogen (secondary N) is 2. The number of rotatable bonds is 5. The molecule has 22 heavy (non-hydrogen) atoms. The van der Waals surface area contributed by atoms with Gasteiger partial charge < -0.3 is 15.4 Å². The van der Waals surface area contributed by atoms with Gasteiger partial charge in [0.05, 0.1) is 28.9 Å². The van der Waals surface area contributed by atoms with E-state index in [-0.39, 0.29) is 24.2 Å². The highest BCUT2D eigenvalue weighted by atomic mass is 32.1. The van der Waals surface area contributed by atoms with Crippen LogP contribution in [0.5, 0.6) is 0 Å². The fourth-order valence-corrected chi connectivity index (χ4v) is 4.13. The molecule has 1 aromatic heterocycles. The smallest absolute Gasteiger partial charge is 0.315 e. The first kappa shape index (κ1) is 15.7. The zero-order valence-corrected chi connectivity index (χ0v) is 14.1. The Balaban J connectivity index is 1.51. The van der Waals surface area contributed by atoms with Crippen molar-refractivity contribution in [2.75, 3.05) is 7.11 Å². The molecule has 0 radical (unpaired) electrons. The van der Waals surface area contributed by atoms with Crippen LogP contribution >= 0.6 is 11.3 Å². The highest BCUT2D eigenvalue weighted by molar-refractivity contribution is 7.09. The van der Waals surface area contributed by atoms with Gasteiger partial charge >= 0.3 is 6.03 Å². The molecule has 3 atom stereocenters. The van der Waals surface area contributed by atoms with Crippen molar-refractivity contribution in [3.63, 3.8) is 0 Å². The van der Waals surface area contributed by atoms with Gasteiger partial charge in [0.25, 0.3) is 0 Å². The van der Waals surface area contributed by atoms with E-state index in [1.165, 1.54) is 24.3 Å². The number of amides is 2. The van der Waals surface area contributed by atoms with E-state index in [0.29, 0.717) is 5.92 Å². The Kier molecular flexibility index (Phi) is 4.98. The van der Waals surface area contributed by atoms with Gasteiger partial charge in [-0.3, -0.25) is 0 Å². The van der Waals surface area contributed by atoms with Crippen LogP contribution in [-0.2, 0) is 4.74 Å². The van der Waals surface area contributed by atoms with Crippen LogP contribution < -0.4 is 10.6 Å². The van der Waals surface area contributed by atoms with Crippen LogP contribution in [0.15, 0.2) is 5.38 Å². The zero-order valence-electron chi connectivity index (χ0n) is 13.3. The second kappa shape index (κ2) is 6.96. The maximum Gasteiger partial charge on any atom is 0.315 e. The van der Waals surface area contributed by atoms with Crippen LogP contribution in [-0.4, -0.2) is 30.3 Å². The number of aromatic nitrogens is 1. The standard InChI is InChI=1S/C16H25N3O2S/c1-10(13-9-22-15(18-13)11-7-8-11)17-16(20)19-12-5-3-4-6-14(12)21-2/h9-12,14H,3-8H2,1-2H3,(H2,17,19,20)/t10-,12+,14+/m0/s1. The highest BCUT2D eigenvalue weighted by Gasteiger charge is 2.28. The molecule has 0 bridgehead atoms. The van der Waals surface area contributed by atoms with Crippen molar-refractivity contribution in [2.24, 2.45) is 0 Å². The Labute approximate surface area is 135 Å². The van der Waals surface area contributed by atoms with Gasteiger partial charge in [-0.2, -0.15) is 0 Å². The quantitative estimate of drug-likeness (QED) is 0.873. The third-order valence-electron chi connectivity index (χ3n) is 4.58. The van der Waals surface area contributed by atoms with Crippen molar-refractivity contribution in [3.05, 3.63) is 16.1 Å². The molecular weight excluding hydrogens is 298 g/mol. The summed E-state index contributed by atoms with van der Waals surface area (Å²) in [5.41, 5.74) is 0.967. The summed E-state index contributed by atoms with van der Waals surface area (Å²) < 4.78 is 5.48. The number of carbonyl (C=O) groups is 1. The summed E-state index contributed by atoms with van der Waals surface area (Å²) in [5.74, 6) is 0.671. The summed E-state index contributed by atoms with van der Waals surface area (Å²) in [6.07, 6.45) is 6.99. The largest absolute Gasteiger partial charge is 0.379 e. The third kappa shape index (κ3) is 3.79. The average Bonchev–Trinajstić information content (AvgIpc) is 3.24. The van der Waals surface area contributed by atoms with Crippen LogP contribution in [0.4, 0.5) is 4.79 Å².